The van der Waals surface area contributed by atoms with Gasteiger partial charge in [-0.05, 0) is 63.1 Å². The lowest BCUT2D eigenvalue weighted by atomic mass is 10.1. The zero-order valence-corrected chi connectivity index (χ0v) is 17.5. The molecule has 1 atom stereocenters. The zero-order chi connectivity index (χ0) is 22.1. The van der Waals surface area contributed by atoms with Crippen LogP contribution in [0.2, 0.25) is 0 Å². The van der Waals surface area contributed by atoms with Crippen molar-refractivity contribution >= 4 is 17.8 Å². The first-order valence-corrected chi connectivity index (χ1v) is 9.53. The van der Waals surface area contributed by atoms with Crippen molar-refractivity contribution in [2.45, 2.75) is 33.8 Å². The minimum Gasteiger partial charge on any atom is -0.484 e. The van der Waals surface area contributed by atoms with Crippen molar-refractivity contribution in [3.05, 3.63) is 59.2 Å². The number of hydrogen-bond acceptors (Lipinski definition) is 6. The number of ether oxygens (including phenoxy) is 3. The van der Waals surface area contributed by atoms with Crippen LogP contribution in [0.3, 0.4) is 0 Å². The summed E-state index contributed by atoms with van der Waals surface area (Å²) >= 11 is 0. The number of carbonyl (C=O) groups is 3. The molecule has 2 amide bonds. The molecule has 160 valence electrons. The van der Waals surface area contributed by atoms with Gasteiger partial charge in [0.2, 0.25) is 0 Å². The van der Waals surface area contributed by atoms with E-state index in [-0.39, 0.29) is 13.2 Å². The molecule has 1 unspecified atom stereocenters. The molecule has 0 saturated carbocycles. The van der Waals surface area contributed by atoms with Crippen LogP contribution >= 0.6 is 0 Å². The Balaban J connectivity index is 1.77. The first kappa shape index (κ1) is 22.7. The Morgan fingerprint density at radius 2 is 1.60 bits per heavy atom. The first-order valence-electron chi connectivity index (χ1n) is 9.53. The molecule has 0 bridgehead atoms. The number of hydrazine groups is 1. The normalized spacial score (nSPS) is 11.2. The summed E-state index contributed by atoms with van der Waals surface area (Å²) in [5, 5.41) is 0. The van der Waals surface area contributed by atoms with Crippen molar-refractivity contribution in [2.75, 3.05) is 13.2 Å². The number of carbonyl (C=O) groups excluding carboxylic acids is 3. The van der Waals surface area contributed by atoms with Crippen LogP contribution in [0.15, 0.2) is 42.5 Å². The quantitative estimate of drug-likeness (QED) is 0.508. The van der Waals surface area contributed by atoms with E-state index >= 15 is 0 Å². The summed E-state index contributed by atoms with van der Waals surface area (Å²) in [4.78, 5) is 35.7. The maximum Gasteiger partial charge on any atom is 0.338 e. The van der Waals surface area contributed by atoms with Crippen LogP contribution in [0.5, 0.6) is 11.5 Å². The number of rotatable bonds is 8. The first-order chi connectivity index (χ1) is 14.3. The highest BCUT2D eigenvalue weighted by Gasteiger charge is 2.17. The van der Waals surface area contributed by atoms with E-state index in [1.165, 1.54) is 0 Å². The standard InChI is InChI=1S/C22H26N2O6/c1-5-28-22(27)17-9-11-18(12-10-17)29-13-19(25)23-24-21(26)16(4)30-20-14(2)7-6-8-15(20)3/h6-12,16H,5,13H2,1-4H3,(H,23,25)(H,24,26). The molecule has 0 heterocycles. The molecule has 2 aromatic carbocycles. The van der Waals surface area contributed by atoms with Crippen LogP contribution in [-0.4, -0.2) is 37.1 Å². The Labute approximate surface area is 175 Å². The number of hydrogen-bond donors (Lipinski definition) is 2. The molecule has 2 rings (SSSR count). The highest BCUT2D eigenvalue weighted by molar-refractivity contribution is 5.89. The summed E-state index contributed by atoms with van der Waals surface area (Å²) in [6, 6.07) is 11.9. The van der Waals surface area contributed by atoms with E-state index < -0.39 is 23.9 Å². The summed E-state index contributed by atoms with van der Waals surface area (Å²) < 4.78 is 15.9. The molecule has 0 aliphatic rings. The van der Waals surface area contributed by atoms with Crippen molar-refractivity contribution in [2.24, 2.45) is 0 Å². The fraction of sp³-hybridized carbons (Fsp3) is 0.318. The minimum absolute atomic E-state index is 0.289. The molecule has 0 saturated heterocycles. The van der Waals surface area contributed by atoms with Crippen molar-refractivity contribution in [3.63, 3.8) is 0 Å². The van der Waals surface area contributed by atoms with Crippen LogP contribution < -0.4 is 20.3 Å². The Morgan fingerprint density at radius 3 is 2.20 bits per heavy atom. The second-order valence-electron chi connectivity index (χ2n) is 6.55. The van der Waals surface area contributed by atoms with E-state index in [4.69, 9.17) is 14.2 Å². The molecule has 2 aromatic rings. The summed E-state index contributed by atoms with van der Waals surface area (Å²) in [5.74, 6) is -0.430. The lowest BCUT2D eigenvalue weighted by molar-refractivity contribution is -0.133. The maximum atomic E-state index is 12.2. The van der Waals surface area contributed by atoms with E-state index in [0.717, 1.165) is 11.1 Å². The van der Waals surface area contributed by atoms with E-state index in [1.54, 1.807) is 38.1 Å². The fourth-order valence-electron chi connectivity index (χ4n) is 2.53. The minimum atomic E-state index is -0.804. The van der Waals surface area contributed by atoms with Crippen molar-refractivity contribution in [1.29, 1.82) is 0 Å². The highest BCUT2D eigenvalue weighted by Crippen LogP contribution is 2.23. The molecule has 0 spiro atoms. The molecule has 0 fully saturated rings. The third-order valence-electron chi connectivity index (χ3n) is 4.13. The van der Waals surface area contributed by atoms with E-state index in [1.807, 2.05) is 32.0 Å². The number of nitrogens with one attached hydrogen (secondary N) is 2. The number of benzene rings is 2. The van der Waals surface area contributed by atoms with Crippen molar-refractivity contribution in [3.8, 4) is 11.5 Å². The maximum absolute atomic E-state index is 12.2. The summed E-state index contributed by atoms with van der Waals surface area (Å²) in [6.07, 6.45) is -0.804. The second-order valence-corrected chi connectivity index (χ2v) is 6.55. The smallest absolute Gasteiger partial charge is 0.338 e. The van der Waals surface area contributed by atoms with Gasteiger partial charge in [-0.25, -0.2) is 4.79 Å². The third-order valence-corrected chi connectivity index (χ3v) is 4.13. The van der Waals surface area contributed by atoms with Gasteiger partial charge in [0.15, 0.2) is 12.7 Å². The summed E-state index contributed by atoms with van der Waals surface area (Å²) in [5.41, 5.74) is 6.81. The van der Waals surface area contributed by atoms with Gasteiger partial charge in [-0.3, -0.25) is 20.4 Å². The Hall–Kier alpha value is -3.55. The number of esters is 1. The van der Waals surface area contributed by atoms with Crippen molar-refractivity contribution < 1.29 is 28.6 Å². The van der Waals surface area contributed by atoms with E-state index in [9.17, 15) is 14.4 Å². The molecule has 8 heteroatoms. The molecule has 0 aliphatic heterocycles. The van der Waals surface area contributed by atoms with Gasteiger partial charge < -0.3 is 14.2 Å². The predicted molar refractivity (Wildman–Crippen MR) is 110 cm³/mol. The fourth-order valence-corrected chi connectivity index (χ4v) is 2.53. The van der Waals surface area contributed by atoms with Crippen LogP contribution in [-0.2, 0) is 14.3 Å². The molecule has 30 heavy (non-hydrogen) atoms. The number of para-hydroxylation sites is 1. The van der Waals surface area contributed by atoms with Gasteiger partial charge in [-0.15, -0.1) is 0 Å². The predicted octanol–water partition coefficient (Wildman–Crippen LogP) is 2.47. The molecule has 0 radical (unpaired) electrons. The average Bonchev–Trinajstić information content (AvgIpc) is 2.73. The summed E-state index contributed by atoms with van der Waals surface area (Å²) in [6.45, 7) is 7.08. The van der Waals surface area contributed by atoms with Crippen LogP contribution in [0, 0.1) is 13.8 Å². The van der Waals surface area contributed by atoms with Gasteiger partial charge in [-0.2, -0.15) is 0 Å². The number of aryl methyl sites for hydroxylation is 2. The Bertz CT molecular complexity index is 875. The van der Waals surface area contributed by atoms with Crippen molar-refractivity contribution in [1.82, 2.24) is 10.9 Å². The van der Waals surface area contributed by atoms with Gasteiger partial charge in [-0.1, -0.05) is 18.2 Å². The zero-order valence-electron chi connectivity index (χ0n) is 17.5. The monoisotopic (exact) mass is 414 g/mol. The lowest BCUT2D eigenvalue weighted by Gasteiger charge is -2.18. The molecular weight excluding hydrogens is 388 g/mol. The molecule has 0 aromatic heterocycles. The third kappa shape index (κ3) is 6.51. The second kappa shape index (κ2) is 10.8. The van der Waals surface area contributed by atoms with Crippen LogP contribution in [0.25, 0.3) is 0 Å². The Morgan fingerprint density at radius 1 is 0.967 bits per heavy atom. The van der Waals surface area contributed by atoms with Crippen LogP contribution in [0.4, 0.5) is 0 Å². The lowest BCUT2D eigenvalue weighted by Crippen LogP contribution is -2.48. The topological polar surface area (TPSA) is 103 Å². The van der Waals surface area contributed by atoms with Gasteiger partial charge in [0.25, 0.3) is 11.8 Å². The molecule has 0 aliphatic carbocycles. The molecular formula is C22H26N2O6. The molecule has 8 nitrogen and oxygen atoms in total. The van der Waals surface area contributed by atoms with Gasteiger partial charge in [0.1, 0.15) is 11.5 Å². The van der Waals surface area contributed by atoms with Crippen LogP contribution in [0.1, 0.15) is 35.3 Å². The van der Waals surface area contributed by atoms with Gasteiger partial charge >= 0.3 is 5.97 Å². The van der Waals surface area contributed by atoms with E-state index in [0.29, 0.717) is 17.1 Å². The van der Waals surface area contributed by atoms with E-state index in [2.05, 4.69) is 10.9 Å². The average molecular weight is 414 g/mol. The van der Waals surface area contributed by atoms with Gasteiger partial charge in [0, 0.05) is 0 Å². The number of amides is 2. The Kier molecular flexibility index (Phi) is 8.22. The molecule has 2 N–H and O–H groups in total. The largest absolute Gasteiger partial charge is 0.484 e. The SMILES string of the molecule is CCOC(=O)c1ccc(OCC(=O)NNC(=O)C(C)Oc2c(C)cccc2C)cc1. The highest BCUT2D eigenvalue weighted by atomic mass is 16.5. The summed E-state index contributed by atoms with van der Waals surface area (Å²) in [7, 11) is 0. The van der Waals surface area contributed by atoms with Gasteiger partial charge in [0.05, 0.1) is 12.2 Å².